The topological polar surface area (TPSA) is 50.8 Å². The van der Waals surface area contributed by atoms with Gasteiger partial charge in [-0.05, 0) is 12.1 Å². The van der Waals surface area contributed by atoms with Gasteiger partial charge in [-0.15, -0.1) is 0 Å². The first-order chi connectivity index (χ1) is 12.5. The number of nitrogens with zero attached hydrogens (tertiary/aromatic N) is 1. The standard InChI is InChI=1S/C18H20Cl2N2O3S/c1-24-5-3-22(4-6-25-2)11-7-13(19)17-15(8-11)26-16-10-12(23)9-14(20)18(16)21-17/h7-9,21H,3-6,10H2,1-2H3. The zero-order valence-corrected chi connectivity index (χ0v) is 16.9. The van der Waals surface area contributed by atoms with Crippen LogP contribution in [0.1, 0.15) is 6.42 Å². The van der Waals surface area contributed by atoms with Crippen LogP contribution in [0, 0.1) is 0 Å². The maximum absolute atomic E-state index is 11.8. The summed E-state index contributed by atoms with van der Waals surface area (Å²) in [5, 5.41) is 4.33. The average molecular weight is 415 g/mol. The lowest BCUT2D eigenvalue weighted by Crippen LogP contribution is -2.30. The Kier molecular flexibility index (Phi) is 6.53. The Labute approximate surface area is 167 Å². The van der Waals surface area contributed by atoms with E-state index in [-0.39, 0.29) is 5.78 Å². The van der Waals surface area contributed by atoms with E-state index in [1.165, 1.54) is 17.8 Å². The molecular weight excluding hydrogens is 395 g/mol. The maximum atomic E-state index is 11.8. The molecule has 1 aliphatic carbocycles. The highest BCUT2D eigenvalue weighted by atomic mass is 35.5. The first-order valence-corrected chi connectivity index (χ1v) is 9.75. The van der Waals surface area contributed by atoms with E-state index < -0.39 is 0 Å². The summed E-state index contributed by atoms with van der Waals surface area (Å²) < 4.78 is 10.4. The number of hydrogen-bond acceptors (Lipinski definition) is 6. The average Bonchev–Trinajstić information content (AvgIpc) is 2.60. The molecule has 140 valence electrons. The summed E-state index contributed by atoms with van der Waals surface area (Å²) >= 11 is 14.3. The van der Waals surface area contributed by atoms with Crippen LogP contribution in [0.15, 0.2) is 38.7 Å². The highest BCUT2D eigenvalue weighted by molar-refractivity contribution is 8.03. The summed E-state index contributed by atoms with van der Waals surface area (Å²) in [6.07, 6.45) is 1.81. The minimum atomic E-state index is 0.00978. The highest BCUT2D eigenvalue weighted by Gasteiger charge is 2.28. The van der Waals surface area contributed by atoms with Gasteiger partial charge >= 0.3 is 0 Å². The smallest absolute Gasteiger partial charge is 0.162 e. The number of carbonyl (C=O) groups excluding carboxylic acids is 1. The fraction of sp³-hybridized carbons (Fsp3) is 0.389. The molecule has 0 amide bonds. The summed E-state index contributed by atoms with van der Waals surface area (Å²) in [4.78, 5) is 15.9. The van der Waals surface area contributed by atoms with Crippen molar-refractivity contribution in [1.82, 2.24) is 0 Å². The van der Waals surface area contributed by atoms with Gasteiger partial charge in [-0.3, -0.25) is 4.79 Å². The highest BCUT2D eigenvalue weighted by Crippen LogP contribution is 2.49. The van der Waals surface area contributed by atoms with Gasteiger partial charge in [0.1, 0.15) is 0 Å². The Bertz CT molecular complexity index is 772. The minimum Gasteiger partial charge on any atom is -0.383 e. The number of anilines is 2. The quantitative estimate of drug-likeness (QED) is 0.718. The van der Waals surface area contributed by atoms with Crippen LogP contribution in [-0.2, 0) is 14.3 Å². The van der Waals surface area contributed by atoms with Crippen molar-refractivity contribution in [3.05, 3.63) is 38.9 Å². The van der Waals surface area contributed by atoms with E-state index in [0.717, 1.165) is 40.0 Å². The van der Waals surface area contributed by atoms with Crippen LogP contribution in [-0.4, -0.2) is 46.3 Å². The Hall–Kier alpha value is -1.18. The summed E-state index contributed by atoms with van der Waals surface area (Å²) in [6.45, 7) is 2.67. The third-order valence-electron chi connectivity index (χ3n) is 4.16. The molecule has 1 heterocycles. The number of halogens is 2. The Balaban J connectivity index is 1.90. The molecule has 0 unspecified atom stereocenters. The second kappa shape index (κ2) is 8.67. The number of ether oxygens (including phenoxy) is 2. The molecule has 0 spiro atoms. The predicted molar refractivity (Wildman–Crippen MR) is 107 cm³/mol. The van der Waals surface area contributed by atoms with Crippen molar-refractivity contribution in [3.8, 4) is 0 Å². The van der Waals surface area contributed by atoms with Crippen molar-refractivity contribution in [2.45, 2.75) is 11.3 Å². The summed E-state index contributed by atoms with van der Waals surface area (Å²) in [7, 11) is 3.36. The SMILES string of the molecule is COCCN(CCOC)c1cc(Cl)c2c(c1)SC1=C(N2)C(Cl)=CC(=O)C1. The number of nitrogens with one attached hydrogen (secondary N) is 1. The lowest BCUT2D eigenvalue weighted by Gasteiger charge is -2.30. The number of thioether (sulfide) groups is 1. The van der Waals surface area contributed by atoms with Crippen molar-refractivity contribution in [2.24, 2.45) is 0 Å². The van der Waals surface area contributed by atoms with E-state index in [1.54, 1.807) is 14.2 Å². The fourth-order valence-electron chi connectivity index (χ4n) is 2.84. The molecule has 1 aromatic carbocycles. The maximum Gasteiger partial charge on any atom is 0.162 e. The lowest BCUT2D eigenvalue weighted by molar-refractivity contribution is -0.114. The van der Waals surface area contributed by atoms with E-state index in [0.29, 0.717) is 29.7 Å². The van der Waals surface area contributed by atoms with Crippen molar-refractivity contribution in [3.63, 3.8) is 0 Å². The largest absolute Gasteiger partial charge is 0.383 e. The molecule has 1 N–H and O–H groups in total. The molecular formula is C18H20Cl2N2O3S. The molecule has 0 radical (unpaired) electrons. The van der Waals surface area contributed by atoms with Gasteiger partial charge in [0.05, 0.1) is 34.7 Å². The molecule has 1 aromatic rings. The van der Waals surface area contributed by atoms with Crippen LogP contribution < -0.4 is 10.2 Å². The molecule has 3 rings (SSSR count). The first-order valence-electron chi connectivity index (χ1n) is 8.18. The van der Waals surface area contributed by atoms with E-state index >= 15 is 0 Å². The zero-order valence-electron chi connectivity index (χ0n) is 14.6. The monoisotopic (exact) mass is 414 g/mol. The molecule has 0 atom stereocenters. The molecule has 0 saturated heterocycles. The third kappa shape index (κ3) is 4.21. The van der Waals surface area contributed by atoms with Gasteiger partial charge in [0.15, 0.2) is 5.78 Å². The van der Waals surface area contributed by atoms with Gasteiger partial charge < -0.3 is 19.7 Å². The van der Waals surface area contributed by atoms with Gasteiger partial charge in [0.25, 0.3) is 0 Å². The molecule has 2 aliphatic rings. The lowest BCUT2D eigenvalue weighted by atomic mass is 10.1. The van der Waals surface area contributed by atoms with Crippen molar-refractivity contribution < 1.29 is 14.3 Å². The predicted octanol–water partition coefficient (Wildman–Crippen LogP) is 4.26. The molecule has 5 nitrogen and oxygen atoms in total. The number of hydrogen-bond donors (Lipinski definition) is 1. The van der Waals surface area contributed by atoms with Gasteiger partial charge in [0.2, 0.25) is 0 Å². The van der Waals surface area contributed by atoms with E-state index in [4.69, 9.17) is 32.7 Å². The number of fused-ring (bicyclic) bond motifs is 1. The van der Waals surface area contributed by atoms with Crippen LogP contribution >= 0.6 is 35.0 Å². The van der Waals surface area contributed by atoms with Crippen LogP contribution in [0.4, 0.5) is 11.4 Å². The zero-order chi connectivity index (χ0) is 18.7. The molecule has 0 saturated carbocycles. The Morgan fingerprint density at radius 2 is 1.88 bits per heavy atom. The number of rotatable bonds is 7. The molecule has 0 bridgehead atoms. The number of allylic oxidation sites excluding steroid dienone is 3. The van der Waals surface area contributed by atoms with E-state index in [9.17, 15) is 4.79 Å². The fourth-order valence-corrected chi connectivity index (χ4v) is 4.69. The summed E-state index contributed by atoms with van der Waals surface area (Å²) in [6, 6.07) is 4.00. The molecule has 0 aromatic heterocycles. The third-order valence-corrected chi connectivity index (χ3v) is 5.89. The van der Waals surface area contributed by atoms with Crippen LogP contribution in [0.3, 0.4) is 0 Å². The molecule has 1 aliphatic heterocycles. The molecule has 0 fully saturated rings. The molecule has 8 heteroatoms. The summed E-state index contributed by atoms with van der Waals surface area (Å²) in [5.41, 5.74) is 2.58. The van der Waals surface area contributed by atoms with Crippen LogP contribution in [0.25, 0.3) is 0 Å². The Morgan fingerprint density at radius 3 is 2.54 bits per heavy atom. The minimum absolute atomic E-state index is 0.00978. The van der Waals surface area contributed by atoms with E-state index in [1.807, 2.05) is 6.07 Å². The van der Waals surface area contributed by atoms with Gasteiger partial charge in [-0.25, -0.2) is 0 Å². The second-order valence-corrected chi connectivity index (χ2v) is 7.89. The number of methoxy groups -OCH3 is 2. The van der Waals surface area contributed by atoms with Gasteiger partial charge in [-0.2, -0.15) is 0 Å². The normalized spacial score (nSPS) is 16.0. The van der Waals surface area contributed by atoms with E-state index in [2.05, 4.69) is 16.3 Å². The van der Waals surface area contributed by atoms with Gasteiger partial charge in [0, 0.05) is 55.3 Å². The van der Waals surface area contributed by atoms with Crippen molar-refractivity contribution in [1.29, 1.82) is 0 Å². The Morgan fingerprint density at radius 1 is 1.19 bits per heavy atom. The first kappa shape index (κ1) is 19.6. The van der Waals surface area contributed by atoms with Gasteiger partial charge in [-0.1, -0.05) is 35.0 Å². The summed E-state index contributed by atoms with van der Waals surface area (Å²) in [5.74, 6) is 0.00978. The van der Waals surface area contributed by atoms with Crippen LogP contribution in [0.5, 0.6) is 0 Å². The number of ketones is 1. The number of carbonyl (C=O) groups is 1. The van der Waals surface area contributed by atoms with Crippen molar-refractivity contribution >= 4 is 52.1 Å². The second-order valence-electron chi connectivity index (χ2n) is 5.93. The number of benzene rings is 1. The van der Waals surface area contributed by atoms with Crippen LogP contribution in [0.2, 0.25) is 5.02 Å². The molecule has 26 heavy (non-hydrogen) atoms. The van der Waals surface area contributed by atoms with Crippen molar-refractivity contribution in [2.75, 3.05) is 50.7 Å².